The van der Waals surface area contributed by atoms with Crippen LogP contribution in [0.4, 0.5) is 8.78 Å². The highest BCUT2D eigenvalue weighted by Crippen LogP contribution is 2.09. The Morgan fingerprint density at radius 3 is 2.53 bits per heavy atom. The second-order valence-electron chi connectivity index (χ2n) is 3.88. The van der Waals surface area contributed by atoms with Crippen LogP contribution < -0.4 is 4.57 Å². The first-order valence-electron chi connectivity index (χ1n) is 5.58. The van der Waals surface area contributed by atoms with Crippen LogP contribution in [0.3, 0.4) is 0 Å². The van der Waals surface area contributed by atoms with Crippen LogP contribution in [-0.4, -0.2) is 14.8 Å². The van der Waals surface area contributed by atoms with Crippen molar-refractivity contribution in [3.8, 4) is 11.4 Å². The normalized spacial score (nSPS) is 10.6. The standard InChI is InChI=1S/C13H9F2N4/c14-12-7-6-11(13(15)17-12)19-9-18(8-16-19)10-4-2-1-3-5-10/h1-9H/q+1. The molecular weight excluding hydrogens is 250 g/mol. The van der Waals surface area contributed by atoms with Crippen molar-refractivity contribution < 1.29 is 13.3 Å². The second kappa shape index (κ2) is 4.56. The summed E-state index contributed by atoms with van der Waals surface area (Å²) < 4.78 is 29.3. The van der Waals surface area contributed by atoms with Gasteiger partial charge in [-0.25, -0.2) is 4.57 Å². The maximum Gasteiger partial charge on any atom is 0.270 e. The summed E-state index contributed by atoms with van der Waals surface area (Å²) in [6.45, 7) is 0. The van der Waals surface area contributed by atoms with Crippen LogP contribution in [0.15, 0.2) is 55.1 Å². The Balaban J connectivity index is 2.02. The van der Waals surface area contributed by atoms with Gasteiger partial charge in [0.05, 0.1) is 0 Å². The van der Waals surface area contributed by atoms with E-state index in [9.17, 15) is 8.78 Å². The summed E-state index contributed by atoms with van der Waals surface area (Å²) in [7, 11) is 0. The van der Waals surface area contributed by atoms with Crippen molar-refractivity contribution >= 4 is 0 Å². The molecule has 0 saturated carbocycles. The van der Waals surface area contributed by atoms with Crippen LogP contribution in [-0.2, 0) is 0 Å². The minimum Gasteiger partial charge on any atom is -0.203 e. The van der Waals surface area contributed by atoms with Crippen molar-refractivity contribution in [3.05, 3.63) is 67.0 Å². The van der Waals surface area contributed by atoms with Gasteiger partial charge in [-0.1, -0.05) is 22.9 Å². The number of nitrogens with zero attached hydrogens (tertiary/aromatic N) is 4. The first kappa shape index (κ1) is 11.5. The van der Waals surface area contributed by atoms with Crippen LogP contribution in [0.2, 0.25) is 0 Å². The zero-order valence-electron chi connectivity index (χ0n) is 9.74. The van der Waals surface area contributed by atoms with Gasteiger partial charge in [0.15, 0.2) is 5.69 Å². The Morgan fingerprint density at radius 1 is 1.00 bits per heavy atom. The average molecular weight is 259 g/mol. The second-order valence-corrected chi connectivity index (χ2v) is 3.88. The maximum atomic E-state index is 13.5. The van der Waals surface area contributed by atoms with Gasteiger partial charge in [0.2, 0.25) is 12.3 Å². The zero-order chi connectivity index (χ0) is 13.2. The third-order valence-corrected chi connectivity index (χ3v) is 2.63. The molecule has 0 aliphatic heterocycles. The van der Waals surface area contributed by atoms with E-state index in [2.05, 4.69) is 10.1 Å². The van der Waals surface area contributed by atoms with Crippen molar-refractivity contribution in [1.82, 2.24) is 14.8 Å². The third-order valence-electron chi connectivity index (χ3n) is 2.63. The molecule has 3 rings (SSSR count). The van der Waals surface area contributed by atoms with Crippen LogP contribution >= 0.6 is 0 Å². The van der Waals surface area contributed by atoms with Gasteiger partial charge in [-0.15, -0.1) is 0 Å². The van der Waals surface area contributed by atoms with Gasteiger partial charge in [0.1, 0.15) is 5.69 Å². The summed E-state index contributed by atoms with van der Waals surface area (Å²) in [6, 6.07) is 11.8. The van der Waals surface area contributed by atoms with Gasteiger partial charge < -0.3 is 0 Å². The van der Waals surface area contributed by atoms with Crippen molar-refractivity contribution in [2.24, 2.45) is 0 Å². The molecular formula is C13H9F2N4+. The zero-order valence-corrected chi connectivity index (χ0v) is 9.74. The van der Waals surface area contributed by atoms with E-state index in [1.54, 1.807) is 10.9 Å². The van der Waals surface area contributed by atoms with Crippen LogP contribution in [0.1, 0.15) is 0 Å². The number of benzene rings is 1. The summed E-state index contributed by atoms with van der Waals surface area (Å²) in [6.07, 6.45) is 3.13. The molecule has 2 aromatic heterocycles. The molecule has 94 valence electrons. The Kier molecular flexibility index (Phi) is 2.75. The van der Waals surface area contributed by atoms with Crippen molar-refractivity contribution in [1.29, 1.82) is 0 Å². The molecule has 0 spiro atoms. The fourth-order valence-corrected chi connectivity index (χ4v) is 1.72. The molecule has 0 atom stereocenters. The molecule has 2 heterocycles. The number of rotatable bonds is 2. The Morgan fingerprint density at radius 2 is 1.79 bits per heavy atom. The molecule has 0 aliphatic rings. The number of hydrogen-bond acceptors (Lipinski definition) is 2. The van der Waals surface area contributed by atoms with Crippen LogP contribution in [0.25, 0.3) is 11.4 Å². The van der Waals surface area contributed by atoms with Gasteiger partial charge in [0, 0.05) is 5.10 Å². The first-order chi connectivity index (χ1) is 9.24. The molecule has 0 saturated heterocycles. The summed E-state index contributed by atoms with van der Waals surface area (Å²) in [5.41, 5.74) is 0.986. The van der Waals surface area contributed by atoms with E-state index < -0.39 is 11.9 Å². The lowest BCUT2D eigenvalue weighted by Crippen LogP contribution is -2.27. The number of hydrogen-bond donors (Lipinski definition) is 0. The number of para-hydroxylation sites is 1. The molecule has 0 bridgehead atoms. The molecule has 4 nitrogen and oxygen atoms in total. The third kappa shape index (κ3) is 2.20. The van der Waals surface area contributed by atoms with Crippen LogP contribution in [0.5, 0.6) is 0 Å². The van der Waals surface area contributed by atoms with Crippen molar-refractivity contribution in [3.63, 3.8) is 0 Å². The topological polar surface area (TPSA) is 34.6 Å². The van der Waals surface area contributed by atoms with E-state index in [0.717, 1.165) is 11.8 Å². The minimum atomic E-state index is -0.900. The highest BCUT2D eigenvalue weighted by Gasteiger charge is 2.15. The monoisotopic (exact) mass is 259 g/mol. The first-order valence-corrected chi connectivity index (χ1v) is 5.58. The van der Waals surface area contributed by atoms with Crippen molar-refractivity contribution in [2.75, 3.05) is 0 Å². The molecule has 0 amide bonds. The van der Waals surface area contributed by atoms with E-state index in [0.29, 0.717) is 0 Å². The molecule has 0 aliphatic carbocycles. The van der Waals surface area contributed by atoms with Crippen molar-refractivity contribution in [2.45, 2.75) is 0 Å². The molecule has 3 aromatic rings. The summed E-state index contributed by atoms with van der Waals surface area (Å²) in [4.78, 5) is 3.13. The quantitative estimate of drug-likeness (QED) is 0.519. The smallest absolute Gasteiger partial charge is 0.203 e. The lowest BCUT2D eigenvalue weighted by atomic mass is 10.3. The van der Waals surface area contributed by atoms with E-state index in [1.807, 2.05) is 30.3 Å². The average Bonchev–Trinajstić information content (AvgIpc) is 2.89. The molecule has 0 radical (unpaired) electrons. The highest BCUT2D eigenvalue weighted by atomic mass is 19.1. The largest absolute Gasteiger partial charge is 0.270 e. The fourth-order valence-electron chi connectivity index (χ4n) is 1.72. The number of pyridine rings is 1. The Hall–Kier alpha value is -2.63. The van der Waals surface area contributed by atoms with Gasteiger partial charge in [-0.3, -0.25) is 0 Å². The lowest BCUT2D eigenvalue weighted by molar-refractivity contribution is -0.596. The Bertz CT molecular complexity index is 710. The Labute approximate surface area is 107 Å². The minimum absolute atomic E-state index is 0.0936. The van der Waals surface area contributed by atoms with Gasteiger partial charge in [-0.05, 0) is 24.3 Å². The highest BCUT2D eigenvalue weighted by molar-refractivity contribution is 5.27. The SMILES string of the molecule is Fc1ccc(-n2c[n+](-c3ccccc3)cn2)c(F)n1. The van der Waals surface area contributed by atoms with E-state index in [1.165, 1.54) is 17.1 Å². The molecule has 0 N–H and O–H groups in total. The summed E-state index contributed by atoms with van der Waals surface area (Å²) in [5, 5.41) is 4.03. The lowest BCUT2D eigenvalue weighted by Gasteiger charge is -1.95. The van der Waals surface area contributed by atoms with Gasteiger partial charge >= 0.3 is 0 Å². The molecule has 6 heteroatoms. The molecule has 0 unspecified atom stereocenters. The summed E-state index contributed by atoms with van der Waals surface area (Å²) >= 11 is 0. The van der Waals surface area contributed by atoms with E-state index in [-0.39, 0.29) is 5.69 Å². The molecule has 0 fully saturated rings. The summed E-state index contributed by atoms with van der Waals surface area (Å²) in [5.74, 6) is -1.76. The maximum absolute atomic E-state index is 13.5. The molecule has 19 heavy (non-hydrogen) atoms. The fraction of sp³-hybridized carbons (Fsp3) is 0. The predicted molar refractivity (Wildman–Crippen MR) is 62.8 cm³/mol. The molecule has 1 aromatic carbocycles. The number of aromatic nitrogens is 4. The predicted octanol–water partition coefficient (Wildman–Crippen LogP) is 1.82. The number of halogens is 2. The van der Waals surface area contributed by atoms with Crippen LogP contribution in [0, 0.1) is 11.9 Å². The van der Waals surface area contributed by atoms with Gasteiger partial charge in [0.25, 0.3) is 12.3 Å². The van der Waals surface area contributed by atoms with E-state index >= 15 is 0 Å². The van der Waals surface area contributed by atoms with E-state index in [4.69, 9.17) is 0 Å². The van der Waals surface area contributed by atoms with Gasteiger partial charge in [-0.2, -0.15) is 13.8 Å².